The SMILES string of the molecule is CC.CC.Cc1ccc2c(c1)CN([C@]1(C)CCC(=O)NC1=O)C2=O. The smallest absolute Gasteiger partial charge is 0.255 e. The molecule has 1 atom stereocenters. The van der Waals surface area contributed by atoms with Crippen molar-refractivity contribution in [3.8, 4) is 0 Å². The van der Waals surface area contributed by atoms with Crippen LogP contribution in [0.3, 0.4) is 0 Å². The van der Waals surface area contributed by atoms with Crippen LogP contribution in [0.15, 0.2) is 18.2 Å². The first-order valence-electron chi connectivity index (χ1n) is 8.67. The molecule has 0 saturated carbocycles. The second-order valence-corrected chi connectivity index (χ2v) is 5.70. The molecule has 2 heterocycles. The minimum Gasteiger partial charge on any atom is -0.320 e. The number of hydrogen-bond acceptors (Lipinski definition) is 3. The minimum absolute atomic E-state index is 0.132. The molecule has 1 N–H and O–H groups in total. The molecule has 5 nitrogen and oxygen atoms in total. The maximum atomic E-state index is 12.5. The van der Waals surface area contributed by atoms with Gasteiger partial charge in [-0.15, -0.1) is 0 Å². The van der Waals surface area contributed by atoms with E-state index in [2.05, 4.69) is 5.32 Å². The molecule has 2 aliphatic rings. The van der Waals surface area contributed by atoms with E-state index in [1.54, 1.807) is 11.8 Å². The molecule has 1 aromatic rings. The highest BCUT2D eigenvalue weighted by Crippen LogP contribution is 2.34. The van der Waals surface area contributed by atoms with E-state index >= 15 is 0 Å². The molecular formula is C19H28N2O3. The van der Waals surface area contributed by atoms with Crippen LogP contribution in [0.4, 0.5) is 0 Å². The molecule has 0 spiro atoms. The predicted octanol–water partition coefficient (Wildman–Crippen LogP) is 3.20. The topological polar surface area (TPSA) is 66.5 Å². The van der Waals surface area contributed by atoms with Gasteiger partial charge in [0.15, 0.2) is 0 Å². The van der Waals surface area contributed by atoms with Crippen molar-refractivity contribution in [2.75, 3.05) is 0 Å². The average Bonchev–Trinajstić information content (AvgIpc) is 2.92. The van der Waals surface area contributed by atoms with Gasteiger partial charge in [-0.2, -0.15) is 0 Å². The Morgan fingerprint density at radius 1 is 1.08 bits per heavy atom. The Kier molecular flexibility index (Phi) is 6.70. The van der Waals surface area contributed by atoms with E-state index in [0.717, 1.165) is 11.1 Å². The lowest BCUT2D eigenvalue weighted by atomic mass is 9.89. The quantitative estimate of drug-likeness (QED) is 0.803. The second-order valence-electron chi connectivity index (χ2n) is 5.70. The molecule has 0 aromatic heterocycles. The number of fused-ring (bicyclic) bond motifs is 1. The van der Waals surface area contributed by atoms with Crippen molar-refractivity contribution in [3.05, 3.63) is 34.9 Å². The van der Waals surface area contributed by atoms with Crippen LogP contribution in [0.5, 0.6) is 0 Å². The Labute approximate surface area is 144 Å². The van der Waals surface area contributed by atoms with Crippen molar-refractivity contribution in [2.24, 2.45) is 0 Å². The van der Waals surface area contributed by atoms with Gasteiger partial charge in [0, 0.05) is 18.5 Å². The first-order chi connectivity index (χ1) is 11.4. The number of aryl methyl sites for hydroxylation is 1. The third kappa shape index (κ3) is 3.50. The van der Waals surface area contributed by atoms with Gasteiger partial charge in [0.25, 0.3) is 11.8 Å². The molecule has 0 unspecified atom stereocenters. The molecule has 1 aromatic carbocycles. The van der Waals surface area contributed by atoms with Crippen molar-refractivity contribution < 1.29 is 14.4 Å². The highest BCUT2D eigenvalue weighted by atomic mass is 16.2. The summed E-state index contributed by atoms with van der Waals surface area (Å²) in [7, 11) is 0. The highest BCUT2D eigenvalue weighted by molar-refractivity contribution is 6.07. The van der Waals surface area contributed by atoms with Gasteiger partial charge in [-0.25, -0.2) is 0 Å². The van der Waals surface area contributed by atoms with Crippen LogP contribution in [-0.4, -0.2) is 28.2 Å². The zero-order valence-electron chi connectivity index (χ0n) is 15.5. The van der Waals surface area contributed by atoms with E-state index in [-0.39, 0.29) is 24.1 Å². The second kappa shape index (κ2) is 8.08. The summed E-state index contributed by atoms with van der Waals surface area (Å²) in [5.41, 5.74) is 1.74. The number of hydrogen-bond donors (Lipinski definition) is 1. The molecular weight excluding hydrogens is 304 g/mol. The third-order valence-corrected chi connectivity index (χ3v) is 4.24. The number of amides is 3. The van der Waals surface area contributed by atoms with Crippen molar-refractivity contribution in [1.29, 1.82) is 0 Å². The van der Waals surface area contributed by atoms with Gasteiger partial charge >= 0.3 is 0 Å². The van der Waals surface area contributed by atoms with Crippen molar-refractivity contribution in [2.45, 2.75) is 66.5 Å². The summed E-state index contributed by atoms with van der Waals surface area (Å²) in [6.45, 7) is 12.1. The molecule has 132 valence electrons. The number of nitrogens with one attached hydrogen (secondary N) is 1. The van der Waals surface area contributed by atoms with E-state index < -0.39 is 5.54 Å². The number of carbonyl (C=O) groups excluding carboxylic acids is 3. The Morgan fingerprint density at radius 2 is 1.71 bits per heavy atom. The zero-order chi connectivity index (χ0) is 18.5. The number of piperidine rings is 1. The van der Waals surface area contributed by atoms with E-state index in [9.17, 15) is 14.4 Å². The van der Waals surface area contributed by atoms with E-state index in [1.807, 2.05) is 52.8 Å². The number of carbonyl (C=O) groups is 3. The molecule has 0 radical (unpaired) electrons. The number of benzene rings is 1. The maximum Gasteiger partial charge on any atom is 0.255 e. The Balaban J connectivity index is 0.000000671. The minimum atomic E-state index is -0.947. The lowest BCUT2D eigenvalue weighted by molar-refractivity contribution is -0.142. The molecule has 2 aliphatic heterocycles. The summed E-state index contributed by atoms with van der Waals surface area (Å²) in [6, 6.07) is 5.68. The lowest BCUT2D eigenvalue weighted by Crippen LogP contribution is -2.61. The van der Waals surface area contributed by atoms with Gasteiger partial charge in [-0.05, 0) is 31.9 Å². The number of nitrogens with zero attached hydrogens (tertiary/aromatic N) is 1. The van der Waals surface area contributed by atoms with Crippen LogP contribution in [-0.2, 0) is 16.1 Å². The molecule has 5 heteroatoms. The molecule has 1 saturated heterocycles. The standard InChI is InChI=1S/C15H16N2O3.2C2H6/c1-9-3-4-11-10(7-9)8-17(13(11)19)15(2)6-5-12(18)16-14(15)20;2*1-2/h3-4,7H,5-6,8H2,1-2H3,(H,16,18,20);2*1-2H3/t15-;;/m1../s1. The summed E-state index contributed by atoms with van der Waals surface area (Å²) in [5, 5.41) is 2.33. The zero-order valence-corrected chi connectivity index (χ0v) is 15.5. The highest BCUT2D eigenvalue weighted by Gasteiger charge is 2.48. The van der Waals surface area contributed by atoms with Crippen LogP contribution < -0.4 is 5.32 Å². The van der Waals surface area contributed by atoms with Gasteiger partial charge in [0.05, 0.1) is 0 Å². The summed E-state index contributed by atoms with van der Waals surface area (Å²) >= 11 is 0. The van der Waals surface area contributed by atoms with E-state index in [0.29, 0.717) is 18.5 Å². The molecule has 0 aliphatic carbocycles. The van der Waals surface area contributed by atoms with Crippen molar-refractivity contribution >= 4 is 17.7 Å². The molecule has 1 fully saturated rings. The van der Waals surface area contributed by atoms with E-state index in [4.69, 9.17) is 0 Å². The summed E-state index contributed by atoms with van der Waals surface area (Å²) in [6.07, 6.45) is 0.637. The molecule has 3 amide bonds. The Hall–Kier alpha value is -2.17. The molecule has 3 rings (SSSR count). The van der Waals surface area contributed by atoms with Crippen LogP contribution in [0.1, 0.15) is 68.9 Å². The van der Waals surface area contributed by atoms with Crippen LogP contribution >= 0.6 is 0 Å². The number of imide groups is 1. The van der Waals surface area contributed by atoms with Gasteiger partial charge in [0.2, 0.25) is 5.91 Å². The Bertz CT molecular complexity index is 639. The molecule has 24 heavy (non-hydrogen) atoms. The fourth-order valence-corrected chi connectivity index (χ4v) is 2.90. The first kappa shape index (κ1) is 19.9. The summed E-state index contributed by atoms with van der Waals surface area (Å²) in [5.74, 6) is -0.786. The fourth-order valence-electron chi connectivity index (χ4n) is 2.90. The average molecular weight is 332 g/mol. The third-order valence-electron chi connectivity index (χ3n) is 4.24. The number of rotatable bonds is 1. The van der Waals surface area contributed by atoms with Gasteiger partial charge in [0.1, 0.15) is 5.54 Å². The Morgan fingerprint density at radius 3 is 2.29 bits per heavy atom. The van der Waals surface area contributed by atoms with Crippen molar-refractivity contribution in [3.63, 3.8) is 0 Å². The largest absolute Gasteiger partial charge is 0.320 e. The van der Waals surface area contributed by atoms with Crippen LogP contribution in [0.25, 0.3) is 0 Å². The van der Waals surface area contributed by atoms with Crippen molar-refractivity contribution in [1.82, 2.24) is 10.2 Å². The van der Waals surface area contributed by atoms with Crippen LogP contribution in [0.2, 0.25) is 0 Å². The lowest BCUT2D eigenvalue weighted by Gasteiger charge is -2.39. The summed E-state index contributed by atoms with van der Waals surface area (Å²) in [4.78, 5) is 37.5. The monoisotopic (exact) mass is 332 g/mol. The molecule has 0 bridgehead atoms. The summed E-state index contributed by atoms with van der Waals surface area (Å²) < 4.78 is 0. The van der Waals surface area contributed by atoms with Gasteiger partial charge < -0.3 is 4.90 Å². The van der Waals surface area contributed by atoms with Gasteiger partial charge in [-0.1, -0.05) is 45.4 Å². The fraction of sp³-hybridized carbons (Fsp3) is 0.526. The first-order valence-corrected chi connectivity index (χ1v) is 8.67. The van der Waals surface area contributed by atoms with E-state index in [1.165, 1.54) is 0 Å². The normalized spacial score (nSPS) is 21.9. The maximum absolute atomic E-state index is 12.5. The van der Waals surface area contributed by atoms with Crippen LogP contribution in [0, 0.1) is 6.92 Å². The van der Waals surface area contributed by atoms with Gasteiger partial charge in [-0.3, -0.25) is 19.7 Å². The predicted molar refractivity (Wildman–Crippen MR) is 94.5 cm³/mol.